The first-order valence-corrected chi connectivity index (χ1v) is 8.46. The summed E-state index contributed by atoms with van der Waals surface area (Å²) in [6.07, 6.45) is 4.62. The molecule has 0 radical (unpaired) electrons. The van der Waals surface area contributed by atoms with Crippen molar-refractivity contribution in [2.24, 2.45) is 5.92 Å². The second-order valence-corrected chi connectivity index (χ2v) is 7.14. The summed E-state index contributed by atoms with van der Waals surface area (Å²) >= 11 is 1.53. The summed E-state index contributed by atoms with van der Waals surface area (Å²) in [6, 6.07) is -0.580. The number of thiazole rings is 1. The molecule has 3 rings (SSSR count). The molecule has 0 aliphatic carbocycles. The van der Waals surface area contributed by atoms with Crippen molar-refractivity contribution in [3.05, 3.63) is 16.6 Å². The number of rotatable bonds is 3. The maximum absolute atomic E-state index is 12.9. The average Bonchev–Trinajstić information content (AvgIpc) is 2.97. The van der Waals surface area contributed by atoms with E-state index in [0.717, 1.165) is 30.7 Å². The van der Waals surface area contributed by atoms with Crippen LogP contribution in [0.4, 0.5) is 0 Å². The van der Waals surface area contributed by atoms with Crippen molar-refractivity contribution in [2.75, 3.05) is 6.54 Å². The maximum atomic E-state index is 12.9. The van der Waals surface area contributed by atoms with Crippen molar-refractivity contribution in [3.8, 4) is 0 Å². The van der Waals surface area contributed by atoms with Gasteiger partial charge in [0.25, 0.3) is 0 Å². The number of piperazine rings is 1. The Morgan fingerprint density at radius 1 is 1.33 bits per heavy atom. The molecule has 21 heavy (non-hydrogen) atoms. The van der Waals surface area contributed by atoms with Crippen LogP contribution in [0, 0.1) is 5.92 Å². The molecule has 0 spiro atoms. The molecule has 114 valence electrons. The zero-order valence-corrected chi connectivity index (χ0v) is 13.3. The Bertz CT molecular complexity index is 529. The van der Waals surface area contributed by atoms with Gasteiger partial charge in [0.15, 0.2) is 0 Å². The van der Waals surface area contributed by atoms with Gasteiger partial charge in [-0.15, -0.1) is 11.3 Å². The summed E-state index contributed by atoms with van der Waals surface area (Å²) < 4.78 is 0. The molecule has 2 unspecified atom stereocenters. The quantitative estimate of drug-likeness (QED) is 0.857. The Hall–Kier alpha value is -1.43. The second-order valence-electron chi connectivity index (χ2n) is 6.17. The third kappa shape index (κ3) is 2.57. The first-order valence-electron chi connectivity index (χ1n) is 7.58. The molecule has 5 nitrogen and oxygen atoms in total. The van der Waals surface area contributed by atoms with Crippen molar-refractivity contribution in [3.63, 3.8) is 0 Å². The highest BCUT2D eigenvalue weighted by Crippen LogP contribution is 2.30. The van der Waals surface area contributed by atoms with Crippen LogP contribution in [0.3, 0.4) is 0 Å². The van der Waals surface area contributed by atoms with Gasteiger partial charge in [0.05, 0.1) is 12.1 Å². The molecule has 0 bridgehead atoms. The number of carbonyl (C=O) groups excluding carboxylic acids is 2. The van der Waals surface area contributed by atoms with Gasteiger partial charge >= 0.3 is 0 Å². The number of hydrogen-bond acceptors (Lipinski definition) is 4. The van der Waals surface area contributed by atoms with Crippen molar-refractivity contribution in [1.29, 1.82) is 0 Å². The number of piperidine rings is 1. The number of fused-ring (bicyclic) bond motifs is 1. The van der Waals surface area contributed by atoms with Gasteiger partial charge in [-0.3, -0.25) is 14.6 Å². The smallest absolute Gasteiger partial charge is 0.246 e. The maximum Gasteiger partial charge on any atom is 0.246 e. The topological polar surface area (TPSA) is 53.5 Å². The van der Waals surface area contributed by atoms with Crippen LogP contribution < -0.4 is 0 Å². The van der Waals surface area contributed by atoms with Crippen LogP contribution in [0.2, 0.25) is 0 Å². The molecular formula is C15H21N3O2S. The number of aromatic nitrogens is 1. The molecule has 1 aromatic heterocycles. The minimum atomic E-state index is -0.339. The molecule has 0 N–H and O–H groups in total. The SMILES string of the molecule is CC(C)C1C(=O)N2CCCCC2C(=O)N1Cc1cncs1. The van der Waals surface area contributed by atoms with E-state index in [1.165, 1.54) is 11.3 Å². The second kappa shape index (κ2) is 5.75. The summed E-state index contributed by atoms with van der Waals surface area (Å²) in [6.45, 7) is 5.26. The lowest BCUT2D eigenvalue weighted by molar-refractivity contribution is -0.166. The molecule has 2 aliphatic rings. The summed E-state index contributed by atoms with van der Waals surface area (Å²) in [7, 11) is 0. The Labute approximate surface area is 129 Å². The molecule has 2 atom stereocenters. The van der Waals surface area contributed by atoms with Gasteiger partial charge < -0.3 is 9.80 Å². The molecule has 2 fully saturated rings. The first-order chi connectivity index (χ1) is 10.1. The minimum Gasteiger partial charge on any atom is -0.329 e. The molecule has 3 heterocycles. The van der Waals surface area contributed by atoms with Crippen LogP contribution in [0.5, 0.6) is 0 Å². The lowest BCUT2D eigenvalue weighted by atomic mass is 9.91. The predicted octanol–water partition coefficient (Wildman–Crippen LogP) is 1.89. The summed E-state index contributed by atoms with van der Waals surface area (Å²) in [5, 5.41) is 0. The van der Waals surface area contributed by atoms with E-state index in [1.807, 2.05) is 18.7 Å². The van der Waals surface area contributed by atoms with Crippen molar-refractivity contribution in [1.82, 2.24) is 14.8 Å². The van der Waals surface area contributed by atoms with Crippen molar-refractivity contribution < 1.29 is 9.59 Å². The average molecular weight is 307 g/mol. The normalized spacial score (nSPS) is 26.4. The molecule has 1 aromatic rings. The van der Waals surface area contributed by atoms with Gasteiger partial charge in [-0.2, -0.15) is 0 Å². The van der Waals surface area contributed by atoms with Crippen LogP contribution in [-0.4, -0.2) is 45.2 Å². The third-order valence-corrected chi connectivity index (χ3v) is 5.15. The van der Waals surface area contributed by atoms with Crippen molar-refractivity contribution >= 4 is 23.2 Å². The van der Waals surface area contributed by atoms with E-state index >= 15 is 0 Å². The predicted molar refractivity (Wildman–Crippen MR) is 80.6 cm³/mol. The number of amides is 2. The van der Waals surface area contributed by atoms with Crippen LogP contribution in [0.25, 0.3) is 0 Å². The monoisotopic (exact) mass is 307 g/mol. The molecule has 2 saturated heterocycles. The van der Waals surface area contributed by atoms with E-state index in [2.05, 4.69) is 4.98 Å². The van der Waals surface area contributed by atoms with Crippen molar-refractivity contribution in [2.45, 2.75) is 51.7 Å². The molecule has 6 heteroatoms. The van der Waals surface area contributed by atoms with E-state index in [4.69, 9.17) is 0 Å². The number of carbonyl (C=O) groups is 2. The van der Waals surface area contributed by atoms with E-state index in [-0.39, 0.29) is 29.8 Å². The van der Waals surface area contributed by atoms with Crippen LogP contribution in [-0.2, 0) is 16.1 Å². The largest absolute Gasteiger partial charge is 0.329 e. The van der Waals surface area contributed by atoms with E-state index in [9.17, 15) is 9.59 Å². The molecule has 2 aliphatic heterocycles. The summed E-state index contributed by atoms with van der Waals surface area (Å²) in [5.74, 6) is 0.359. The molecule has 2 amide bonds. The molecule has 0 saturated carbocycles. The zero-order chi connectivity index (χ0) is 15.0. The first kappa shape index (κ1) is 14.5. The fourth-order valence-corrected chi connectivity index (χ4v) is 3.99. The Kier molecular flexibility index (Phi) is 3.97. The van der Waals surface area contributed by atoms with E-state index in [0.29, 0.717) is 6.54 Å². The number of hydrogen-bond donors (Lipinski definition) is 0. The molecule has 0 aromatic carbocycles. The van der Waals surface area contributed by atoms with Gasteiger partial charge in [-0.25, -0.2) is 0 Å². The Morgan fingerprint density at radius 2 is 2.14 bits per heavy atom. The number of nitrogens with zero attached hydrogens (tertiary/aromatic N) is 3. The van der Waals surface area contributed by atoms with Crippen LogP contribution >= 0.6 is 11.3 Å². The Morgan fingerprint density at radius 3 is 2.81 bits per heavy atom. The van der Waals surface area contributed by atoms with Crippen LogP contribution in [0.15, 0.2) is 11.7 Å². The Balaban J connectivity index is 1.90. The van der Waals surface area contributed by atoms with Gasteiger partial charge in [-0.05, 0) is 25.2 Å². The highest BCUT2D eigenvalue weighted by molar-refractivity contribution is 7.09. The van der Waals surface area contributed by atoms with Gasteiger partial charge in [0.1, 0.15) is 12.1 Å². The molecular weight excluding hydrogens is 286 g/mol. The van der Waals surface area contributed by atoms with Gasteiger partial charge in [0, 0.05) is 17.6 Å². The summed E-state index contributed by atoms with van der Waals surface area (Å²) in [5.41, 5.74) is 1.77. The summed E-state index contributed by atoms with van der Waals surface area (Å²) in [4.78, 5) is 34.4. The van der Waals surface area contributed by atoms with Crippen LogP contribution in [0.1, 0.15) is 38.0 Å². The fraction of sp³-hybridized carbons (Fsp3) is 0.667. The van der Waals surface area contributed by atoms with E-state index in [1.54, 1.807) is 16.6 Å². The van der Waals surface area contributed by atoms with Gasteiger partial charge in [-0.1, -0.05) is 13.8 Å². The lowest BCUT2D eigenvalue weighted by Crippen LogP contribution is -2.66. The standard InChI is InChI=1S/C15H21N3O2S/c1-10(2)13-15(20)17-6-4-3-5-12(17)14(19)18(13)8-11-7-16-9-21-11/h7,9-10,12-13H,3-6,8H2,1-2H3. The lowest BCUT2D eigenvalue weighted by Gasteiger charge is -2.48. The highest BCUT2D eigenvalue weighted by Gasteiger charge is 2.47. The van der Waals surface area contributed by atoms with E-state index < -0.39 is 0 Å². The fourth-order valence-electron chi connectivity index (χ4n) is 3.39. The van der Waals surface area contributed by atoms with Gasteiger partial charge in [0.2, 0.25) is 11.8 Å². The third-order valence-electron chi connectivity index (χ3n) is 4.38. The minimum absolute atomic E-state index is 0.112. The zero-order valence-electron chi connectivity index (χ0n) is 12.5. The highest BCUT2D eigenvalue weighted by atomic mass is 32.1.